The molecule has 1 heterocycles. The molecule has 2 atom stereocenters. The average molecular weight is 168 g/mol. The molecule has 0 unspecified atom stereocenters. The van der Waals surface area contributed by atoms with Crippen LogP contribution in [0.5, 0.6) is 0 Å². The Labute approximate surface area is 66.8 Å². The van der Waals surface area contributed by atoms with Gasteiger partial charge in [0.2, 0.25) is 0 Å². The van der Waals surface area contributed by atoms with Crippen molar-refractivity contribution in [3.63, 3.8) is 0 Å². The summed E-state index contributed by atoms with van der Waals surface area (Å²) in [5.74, 6) is 0.0544. The van der Waals surface area contributed by atoms with Crippen LogP contribution in [0.2, 0.25) is 0 Å². The summed E-state index contributed by atoms with van der Waals surface area (Å²) in [5.41, 5.74) is 0. The molecule has 1 saturated heterocycles. The van der Waals surface area contributed by atoms with Crippen molar-refractivity contribution in [2.75, 3.05) is 19.7 Å². The average Bonchev–Trinajstić information content (AvgIpc) is 1.89. The highest BCUT2D eigenvalue weighted by Crippen LogP contribution is 2.09. The van der Waals surface area contributed by atoms with Gasteiger partial charge in [-0.3, -0.25) is 0 Å². The lowest BCUT2D eigenvalue weighted by Gasteiger charge is -2.26. The zero-order chi connectivity index (χ0) is 6.69. The van der Waals surface area contributed by atoms with E-state index in [2.05, 4.69) is 5.32 Å². The largest absolute Gasteiger partial charge is 0.396 e. The number of rotatable bonds is 1. The molecule has 0 radical (unpaired) electrons. The van der Waals surface area contributed by atoms with Crippen molar-refractivity contribution in [1.82, 2.24) is 5.32 Å². The first kappa shape index (κ1) is 10.2. The van der Waals surface area contributed by atoms with Gasteiger partial charge in [-0.1, -0.05) is 0 Å². The second-order valence-electron chi connectivity index (χ2n) is 2.50. The van der Waals surface area contributed by atoms with Gasteiger partial charge in [-0.25, -0.2) is 0 Å². The normalized spacial score (nSPS) is 33.0. The van der Waals surface area contributed by atoms with E-state index in [4.69, 9.17) is 10.2 Å². The van der Waals surface area contributed by atoms with Crippen molar-refractivity contribution in [2.45, 2.75) is 12.5 Å². The van der Waals surface area contributed by atoms with Crippen LogP contribution in [0.4, 0.5) is 0 Å². The van der Waals surface area contributed by atoms with Crippen LogP contribution >= 0.6 is 12.4 Å². The molecule has 3 N–H and O–H groups in total. The molecule has 0 aromatic carbocycles. The molecule has 0 aromatic rings. The molecule has 62 valence electrons. The number of piperidine rings is 1. The van der Waals surface area contributed by atoms with Crippen LogP contribution in [0.3, 0.4) is 0 Å². The SMILES string of the molecule is Cl.OC[C@H]1CNCC[C@H]1O. The molecule has 0 aromatic heterocycles. The van der Waals surface area contributed by atoms with E-state index in [0.717, 1.165) is 19.5 Å². The molecule has 10 heavy (non-hydrogen) atoms. The zero-order valence-corrected chi connectivity index (χ0v) is 6.60. The number of aliphatic hydroxyl groups is 2. The van der Waals surface area contributed by atoms with Crippen LogP contribution in [0.25, 0.3) is 0 Å². The minimum Gasteiger partial charge on any atom is -0.396 e. The summed E-state index contributed by atoms with van der Waals surface area (Å²) < 4.78 is 0. The van der Waals surface area contributed by atoms with Crippen LogP contribution in [0.15, 0.2) is 0 Å². The molecule has 1 fully saturated rings. The summed E-state index contributed by atoms with van der Waals surface area (Å²) in [6.07, 6.45) is 0.474. The fourth-order valence-corrected chi connectivity index (χ4v) is 1.10. The minimum absolute atomic E-state index is 0. The maximum atomic E-state index is 9.17. The second kappa shape index (κ2) is 4.91. The van der Waals surface area contributed by atoms with E-state index in [1.54, 1.807) is 0 Å². The topological polar surface area (TPSA) is 52.5 Å². The molecule has 1 aliphatic rings. The van der Waals surface area contributed by atoms with E-state index < -0.39 is 0 Å². The van der Waals surface area contributed by atoms with Gasteiger partial charge < -0.3 is 15.5 Å². The highest BCUT2D eigenvalue weighted by molar-refractivity contribution is 5.85. The quantitative estimate of drug-likeness (QED) is 0.488. The molecule has 3 nitrogen and oxygen atoms in total. The van der Waals surface area contributed by atoms with Crippen LogP contribution in [-0.4, -0.2) is 36.0 Å². The smallest absolute Gasteiger partial charge is 0.0614 e. The lowest BCUT2D eigenvalue weighted by molar-refractivity contribution is 0.0447. The molecule has 0 aliphatic carbocycles. The van der Waals surface area contributed by atoms with Gasteiger partial charge in [0.1, 0.15) is 0 Å². The summed E-state index contributed by atoms with van der Waals surface area (Å²) in [6, 6.07) is 0. The lowest BCUT2D eigenvalue weighted by atomic mass is 9.97. The standard InChI is InChI=1S/C6H13NO2.ClH/c8-4-5-3-7-2-1-6(5)9;/h5-9H,1-4H2;1H/t5-,6-;/m1./s1. The van der Waals surface area contributed by atoms with E-state index in [1.165, 1.54) is 0 Å². The van der Waals surface area contributed by atoms with Crippen LogP contribution in [-0.2, 0) is 0 Å². The first-order valence-corrected chi connectivity index (χ1v) is 3.34. The maximum absolute atomic E-state index is 9.17. The summed E-state index contributed by atoms with van der Waals surface area (Å²) in [5, 5.41) is 20.9. The Morgan fingerprint density at radius 3 is 2.60 bits per heavy atom. The zero-order valence-electron chi connectivity index (χ0n) is 5.79. The predicted octanol–water partition coefficient (Wildman–Crippen LogP) is -0.629. The highest BCUT2D eigenvalue weighted by Gasteiger charge is 2.21. The Bertz CT molecular complexity index is 91.8. The van der Waals surface area contributed by atoms with Gasteiger partial charge in [-0.15, -0.1) is 12.4 Å². The first-order chi connectivity index (χ1) is 4.34. The van der Waals surface area contributed by atoms with E-state index in [0.29, 0.717) is 0 Å². The summed E-state index contributed by atoms with van der Waals surface area (Å²) in [4.78, 5) is 0. The molecule has 4 heteroatoms. The molecular formula is C6H14ClNO2. The highest BCUT2D eigenvalue weighted by atomic mass is 35.5. The van der Waals surface area contributed by atoms with Crippen LogP contribution in [0.1, 0.15) is 6.42 Å². The first-order valence-electron chi connectivity index (χ1n) is 3.34. The van der Waals surface area contributed by atoms with E-state index in [9.17, 15) is 0 Å². The summed E-state index contributed by atoms with van der Waals surface area (Å²) in [7, 11) is 0. The molecule has 0 amide bonds. The predicted molar refractivity (Wildman–Crippen MR) is 41.3 cm³/mol. The monoisotopic (exact) mass is 167 g/mol. The van der Waals surface area contributed by atoms with Crippen molar-refractivity contribution in [3.05, 3.63) is 0 Å². The van der Waals surface area contributed by atoms with Crippen LogP contribution < -0.4 is 5.32 Å². The number of aliphatic hydroxyl groups excluding tert-OH is 2. The van der Waals surface area contributed by atoms with Gasteiger partial charge in [0, 0.05) is 19.1 Å². The molecule has 0 saturated carbocycles. The Hall–Kier alpha value is 0.170. The van der Waals surface area contributed by atoms with Gasteiger partial charge in [0.05, 0.1) is 6.10 Å². The summed E-state index contributed by atoms with van der Waals surface area (Å²) >= 11 is 0. The van der Waals surface area contributed by atoms with E-state index in [-0.39, 0.29) is 31.0 Å². The van der Waals surface area contributed by atoms with Gasteiger partial charge in [-0.2, -0.15) is 0 Å². The number of halogens is 1. The Morgan fingerprint density at radius 1 is 1.50 bits per heavy atom. The van der Waals surface area contributed by atoms with Gasteiger partial charge >= 0.3 is 0 Å². The number of hydrogen-bond acceptors (Lipinski definition) is 3. The number of nitrogens with one attached hydrogen (secondary N) is 1. The third-order valence-corrected chi connectivity index (χ3v) is 1.80. The lowest BCUT2D eigenvalue weighted by Crippen LogP contribution is -2.41. The Balaban J connectivity index is 0.000000810. The third-order valence-electron chi connectivity index (χ3n) is 1.80. The molecule has 1 aliphatic heterocycles. The van der Waals surface area contributed by atoms with E-state index >= 15 is 0 Å². The minimum atomic E-state index is -0.295. The van der Waals surface area contributed by atoms with Crippen molar-refractivity contribution >= 4 is 12.4 Å². The molecule has 1 rings (SSSR count). The van der Waals surface area contributed by atoms with Crippen molar-refractivity contribution in [2.24, 2.45) is 5.92 Å². The second-order valence-corrected chi connectivity index (χ2v) is 2.50. The van der Waals surface area contributed by atoms with Gasteiger partial charge in [0.25, 0.3) is 0 Å². The Morgan fingerprint density at radius 2 is 2.20 bits per heavy atom. The Kier molecular flexibility index (Phi) is 4.99. The van der Waals surface area contributed by atoms with Crippen molar-refractivity contribution in [1.29, 1.82) is 0 Å². The summed E-state index contributed by atoms with van der Waals surface area (Å²) in [6.45, 7) is 1.71. The number of hydrogen-bond donors (Lipinski definition) is 3. The molecule has 0 bridgehead atoms. The van der Waals surface area contributed by atoms with Gasteiger partial charge in [0.15, 0.2) is 0 Å². The molecular weight excluding hydrogens is 154 g/mol. The van der Waals surface area contributed by atoms with Crippen molar-refractivity contribution < 1.29 is 10.2 Å². The van der Waals surface area contributed by atoms with E-state index in [1.807, 2.05) is 0 Å². The maximum Gasteiger partial charge on any atom is 0.0614 e. The van der Waals surface area contributed by atoms with Gasteiger partial charge in [-0.05, 0) is 13.0 Å². The fourth-order valence-electron chi connectivity index (χ4n) is 1.10. The molecule has 0 spiro atoms. The van der Waals surface area contributed by atoms with Crippen LogP contribution in [0, 0.1) is 5.92 Å². The van der Waals surface area contributed by atoms with Crippen molar-refractivity contribution in [3.8, 4) is 0 Å². The third kappa shape index (κ3) is 2.42. The fraction of sp³-hybridized carbons (Fsp3) is 1.00.